The number of hydrogen-bond donors (Lipinski definition) is 1. The number of benzene rings is 1. The van der Waals surface area contributed by atoms with Crippen LogP contribution < -0.4 is 0 Å². The van der Waals surface area contributed by atoms with Crippen LogP contribution in [-0.2, 0) is 0 Å². The van der Waals surface area contributed by atoms with Gasteiger partial charge in [0.2, 0.25) is 0 Å². The van der Waals surface area contributed by atoms with Crippen molar-refractivity contribution in [2.24, 2.45) is 0 Å². The molecule has 1 aromatic carbocycles. The van der Waals surface area contributed by atoms with Gasteiger partial charge in [-0.1, -0.05) is 15.9 Å². The van der Waals surface area contributed by atoms with E-state index in [9.17, 15) is 10.1 Å². The van der Waals surface area contributed by atoms with E-state index in [2.05, 4.69) is 22.9 Å². The Hall–Kier alpha value is -0.940. The molecule has 5 heteroatoms. The predicted octanol–water partition coefficient (Wildman–Crippen LogP) is 2.27. The van der Waals surface area contributed by atoms with Crippen molar-refractivity contribution in [3.05, 3.63) is 45.3 Å². The summed E-state index contributed by atoms with van der Waals surface area (Å²) in [4.78, 5) is 10.0. The molecule has 4 nitrogen and oxygen atoms in total. The monoisotopic (exact) mass is 258 g/mol. The van der Waals surface area contributed by atoms with E-state index in [1.165, 1.54) is 12.1 Å². The summed E-state index contributed by atoms with van der Waals surface area (Å²) >= 11 is 3.16. The normalized spacial score (nSPS) is 12.5. The van der Waals surface area contributed by atoms with Gasteiger partial charge in [-0.05, 0) is 18.6 Å². The minimum Gasteiger partial charge on any atom is -0.396 e. The number of nitro benzene ring substituents is 1. The smallest absolute Gasteiger partial charge is 0.270 e. The van der Waals surface area contributed by atoms with E-state index in [1.54, 1.807) is 6.07 Å². The van der Waals surface area contributed by atoms with Crippen LogP contribution in [0.25, 0.3) is 0 Å². The first-order valence-corrected chi connectivity index (χ1v) is 4.72. The van der Waals surface area contributed by atoms with Gasteiger partial charge in [-0.2, -0.15) is 0 Å². The van der Waals surface area contributed by atoms with Gasteiger partial charge < -0.3 is 5.11 Å². The van der Waals surface area contributed by atoms with Gasteiger partial charge in [-0.25, -0.2) is 0 Å². The van der Waals surface area contributed by atoms with Crippen molar-refractivity contribution in [2.75, 3.05) is 6.61 Å². The SMILES string of the molecule is [CH2]C(CO)c1cc(Br)cc([N+](=O)[O-])c1. The average molecular weight is 259 g/mol. The minimum absolute atomic E-state index is 0.00326. The van der Waals surface area contributed by atoms with Crippen LogP contribution in [0.3, 0.4) is 0 Å². The summed E-state index contributed by atoms with van der Waals surface area (Å²) in [6.07, 6.45) is 0. The maximum atomic E-state index is 10.5. The number of aliphatic hydroxyl groups excluding tert-OH is 1. The van der Waals surface area contributed by atoms with Gasteiger partial charge in [0.15, 0.2) is 0 Å². The van der Waals surface area contributed by atoms with Crippen molar-refractivity contribution >= 4 is 21.6 Å². The van der Waals surface area contributed by atoms with Gasteiger partial charge in [-0.3, -0.25) is 10.1 Å². The second-order valence-corrected chi connectivity index (χ2v) is 3.80. The molecule has 1 unspecified atom stereocenters. The predicted molar refractivity (Wildman–Crippen MR) is 56.0 cm³/mol. The van der Waals surface area contributed by atoms with Gasteiger partial charge in [0.1, 0.15) is 0 Å². The van der Waals surface area contributed by atoms with E-state index >= 15 is 0 Å². The molecule has 14 heavy (non-hydrogen) atoms. The zero-order chi connectivity index (χ0) is 10.7. The summed E-state index contributed by atoms with van der Waals surface area (Å²) in [7, 11) is 0. The number of hydrogen-bond acceptors (Lipinski definition) is 3. The number of aliphatic hydroxyl groups is 1. The topological polar surface area (TPSA) is 63.4 Å². The number of rotatable bonds is 3. The third-order valence-electron chi connectivity index (χ3n) is 1.81. The average Bonchev–Trinajstić information content (AvgIpc) is 2.15. The minimum atomic E-state index is -0.474. The molecule has 0 fully saturated rings. The Kier molecular flexibility index (Phi) is 3.60. The van der Waals surface area contributed by atoms with Crippen molar-refractivity contribution in [2.45, 2.75) is 5.92 Å². The maximum Gasteiger partial charge on any atom is 0.270 e. The molecule has 0 bridgehead atoms. The Labute approximate surface area is 89.8 Å². The third kappa shape index (κ3) is 2.52. The van der Waals surface area contributed by atoms with Crippen molar-refractivity contribution in [3.63, 3.8) is 0 Å². The Morgan fingerprint density at radius 2 is 2.21 bits per heavy atom. The number of non-ortho nitro benzene ring substituents is 1. The highest BCUT2D eigenvalue weighted by molar-refractivity contribution is 9.10. The summed E-state index contributed by atoms with van der Waals surface area (Å²) in [5.41, 5.74) is 0.644. The highest BCUT2D eigenvalue weighted by atomic mass is 79.9. The Morgan fingerprint density at radius 3 is 2.71 bits per heavy atom. The fourth-order valence-electron chi connectivity index (χ4n) is 1.04. The summed E-state index contributed by atoms with van der Waals surface area (Å²) in [5, 5.41) is 19.4. The van der Waals surface area contributed by atoms with Crippen LogP contribution in [0, 0.1) is 17.0 Å². The lowest BCUT2D eigenvalue weighted by Gasteiger charge is -2.07. The third-order valence-corrected chi connectivity index (χ3v) is 2.27. The van der Waals surface area contributed by atoms with Gasteiger partial charge >= 0.3 is 0 Å². The van der Waals surface area contributed by atoms with Crippen LogP contribution in [0.5, 0.6) is 0 Å². The molecule has 1 N–H and O–H groups in total. The molecule has 0 spiro atoms. The summed E-state index contributed by atoms with van der Waals surface area (Å²) < 4.78 is 0.615. The standard InChI is InChI=1S/C9H9BrNO3/c1-6(5-12)7-2-8(10)4-9(3-7)11(13)14/h2-4,6,12H,1,5H2. The van der Waals surface area contributed by atoms with Crippen LogP contribution in [0.2, 0.25) is 0 Å². The van der Waals surface area contributed by atoms with E-state index in [1.807, 2.05) is 0 Å². The number of nitrogens with zero attached hydrogens (tertiary/aromatic N) is 1. The van der Waals surface area contributed by atoms with Gasteiger partial charge in [-0.15, -0.1) is 0 Å². The van der Waals surface area contributed by atoms with Crippen molar-refractivity contribution in [1.82, 2.24) is 0 Å². The summed E-state index contributed by atoms with van der Waals surface area (Å²) in [5.74, 6) is -0.341. The fourth-order valence-corrected chi connectivity index (χ4v) is 1.54. The quantitative estimate of drug-likeness (QED) is 0.668. The molecule has 0 heterocycles. The van der Waals surface area contributed by atoms with Gasteiger partial charge in [0.25, 0.3) is 5.69 Å². The Bertz CT molecular complexity index is 354. The molecule has 75 valence electrons. The molecule has 0 saturated carbocycles. The van der Waals surface area contributed by atoms with Crippen LogP contribution in [0.1, 0.15) is 11.5 Å². The lowest BCUT2D eigenvalue weighted by atomic mass is 10.0. The van der Waals surface area contributed by atoms with Crippen molar-refractivity contribution in [3.8, 4) is 0 Å². The Balaban J connectivity index is 3.13. The fraction of sp³-hybridized carbons (Fsp3) is 0.222. The number of halogens is 1. The first-order valence-electron chi connectivity index (χ1n) is 3.93. The molecule has 1 atom stereocenters. The highest BCUT2D eigenvalue weighted by Gasteiger charge is 2.12. The molecule has 0 aliphatic heterocycles. The zero-order valence-electron chi connectivity index (χ0n) is 7.31. The molecule has 0 aromatic heterocycles. The van der Waals surface area contributed by atoms with Crippen LogP contribution in [0.4, 0.5) is 5.69 Å². The number of nitro groups is 1. The molecule has 0 saturated heterocycles. The first kappa shape index (κ1) is 11.1. The van der Waals surface area contributed by atoms with E-state index in [4.69, 9.17) is 5.11 Å². The summed E-state index contributed by atoms with van der Waals surface area (Å²) in [6, 6.07) is 4.53. The second-order valence-electron chi connectivity index (χ2n) is 2.88. The van der Waals surface area contributed by atoms with E-state index in [0.29, 0.717) is 10.0 Å². The van der Waals surface area contributed by atoms with Crippen molar-refractivity contribution in [1.29, 1.82) is 0 Å². The molecule has 0 aliphatic carbocycles. The lowest BCUT2D eigenvalue weighted by Crippen LogP contribution is -2.00. The van der Waals surface area contributed by atoms with E-state index < -0.39 is 4.92 Å². The van der Waals surface area contributed by atoms with Crippen LogP contribution in [0.15, 0.2) is 22.7 Å². The second kappa shape index (κ2) is 4.52. The highest BCUT2D eigenvalue weighted by Crippen LogP contribution is 2.25. The first-order chi connectivity index (χ1) is 6.54. The molecule has 1 radical (unpaired) electrons. The largest absolute Gasteiger partial charge is 0.396 e. The van der Waals surface area contributed by atoms with E-state index in [-0.39, 0.29) is 18.2 Å². The van der Waals surface area contributed by atoms with Gasteiger partial charge in [0.05, 0.1) is 4.92 Å². The maximum absolute atomic E-state index is 10.5. The molecule has 1 rings (SSSR count). The van der Waals surface area contributed by atoms with Crippen molar-refractivity contribution < 1.29 is 10.0 Å². The van der Waals surface area contributed by atoms with Gasteiger partial charge in [0, 0.05) is 29.1 Å². The van der Waals surface area contributed by atoms with E-state index in [0.717, 1.165) is 0 Å². The summed E-state index contributed by atoms with van der Waals surface area (Å²) in [6.45, 7) is 3.54. The molecular formula is C9H9BrNO3. The zero-order valence-corrected chi connectivity index (χ0v) is 8.90. The van der Waals surface area contributed by atoms with Crippen LogP contribution >= 0.6 is 15.9 Å². The van der Waals surface area contributed by atoms with Crippen LogP contribution in [-0.4, -0.2) is 16.6 Å². The Morgan fingerprint density at radius 1 is 1.57 bits per heavy atom. The molecular weight excluding hydrogens is 250 g/mol. The molecule has 0 aliphatic rings. The molecule has 1 aromatic rings. The molecule has 0 amide bonds. The lowest BCUT2D eigenvalue weighted by molar-refractivity contribution is -0.385.